The number of halogens is 2. The highest BCUT2D eigenvalue weighted by Gasteiger charge is 2.35. The van der Waals surface area contributed by atoms with Crippen molar-refractivity contribution in [3.63, 3.8) is 0 Å². The number of sulfonamides is 1. The van der Waals surface area contributed by atoms with Gasteiger partial charge in [-0.1, -0.05) is 78.3 Å². The summed E-state index contributed by atoms with van der Waals surface area (Å²) in [5.41, 5.74) is 2.10. The topological polar surface area (TPSA) is 86.8 Å². The molecule has 7 nitrogen and oxygen atoms in total. The SMILES string of the molecule is Cc1c(Cl)cccc1N(CC(=O)N(Cc1ccc(F)cc1)[C@@H](Cc1ccccc1)C(=O)NC(C)C)S(=O)(=O)c1ccccc1. The average Bonchev–Trinajstić information content (AvgIpc) is 3.00. The Hall–Kier alpha value is -4.21. The van der Waals surface area contributed by atoms with Crippen LogP contribution in [0.5, 0.6) is 0 Å². The number of anilines is 1. The zero-order valence-electron chi connectivity index (χ0n) is 24.8. The molecule has 0 unspecified atom stereocenters. The maximum atomic E-state index is 14.4. The minimum absolute atomic E-state index is 0.00403. The van der Waals surface area contributed by atoms with E-state index in [1.165, 1.54) is 41.3 Å². The smallest absolute Gasteiger partial charge is 0.264 e. The quantitative estimate of drug-likeness (QED) is 0.202. The van der Waals surface area contributed by atoms with Crippen LogP contribution in [0.3, 0.4) is 0 Å². The Bertz CT molecular complexity index is 1690. The van der Waals surface area contributed by atoms with E-state index in [2.05, 4.69) is 5.32 Å². The lowest BCUT2D eigenvalue weighted by Gasteiger charge is -2.34. The number of carbonyl (C=O) groups excluding carboxylic acids is 2. The Morgan fingerprint density at radius 1 is 0.841 bits per heavy atom. The van der Waals surface area contributed by atoms with Crippen molar-refractivity contribution >= 4 is 39.1 Å². The highest BCUT2D eigenvalue weighted by Crippen LogP contribution is 2.31. The molecule has 0 fully saturated rings. The standard InChI is InChI=1S/C34H35ClFN3O4S/c1-24(2)37-34(41)32(21-26-11-6-4-7-12-26)38(22-27-17-19-28(36)20-18-27)33(40)23-39(31-16-10-15-30(35)25(31)3)44(42,43)29-13-8-5-9-14-29/h4-20,24,32H,21-23H2,1-3H3,(H,37,41)/t32-/m0/s1. The third kappa shape index (κ3) is 8.03. The van der Waals surface area contributed by atoms with Gasteiger partial charge in [-0.2, -0.15) is 0 Å². The fraction of sp³-hybridized carbons (Fsp3) is 0.235. The molecule has 0 saturated carbocycles. The summed E-state index contributed by atoms with van der Waals surface area (Å²) in [5, 5.41) is 3.25. The van der Waals surface area contributed by atoms with Crippen LogP contribution in [0.2, 0.25) is 5.02 Å². The number of carbonyl (C=O) groups is 2. The van der Waals surface area contributed by atoms with Gasteiger partial charge in [-0.3, -0.25) is 13.9 Å². The Balaban J connectivity index is 1.82. The number of nitrogens with zero attached hydrogens (tertiary/aromatic N) is 2. The van der Waals surface area contributed by atoms with Crippen LogP contribution in [0.25, 0.3) is 0 Å². The van der Waals surface area contributed by atoms with Gasteiger partial charge in [-0.25, -0.2) is 12.8 Å². The predicted octanol–water partition coefficient (Wildman–Crippen LogP) is 6.15. The van der Waals surface area contributed by atoms with Crippen LogP contribution in [0.15, 0.2) is 108 Å². The van der Waals surface area contributed by atoms with Crippen LogP contribution < -0.4 is 9.62 Å². The molecule has 0 heterocycles. The number of hydrogen-bond acceptors (Lipinski definition) is 4. The molecule has 4 aromatic rings. The Morgan fingerprint density at radius 3 is 2.07 bits per heavy atom. The van der Waals surface area contributed by atoms with E-state index in [1.54, 1.807) is 43.3 Å². The summed E-state index contributed by atoms with van der Waals surface area (Å²) in [4.78, 5) is 29.5. The predicted molar refractivity (Wildman–Crippen MR) is 171 cm³/mol. The van der Waals surface area contributed by atoms with Crippen LogP contribution in [0.1, 0.15) is 30.5 Å². The molecule has 4 aromatic carbocycles. The molecule has 0 bridgehead atoms. The zero-order chi connectivity index (χ0) is 31.9. The van der Waals surface area contributed by atoms with Gasteiger partial charge in [0.2, 0.25) is 11.8 Å². The lowest BCUT2D eigenvalue weighted by Crippen LogP contribution is -2.54. The maximum absolute atomic E-state index is 14.4. The van der Waals surface area contributed by atoms with Crippen LogP contribution in [0.4, 0.5) is 10.1 Å². The van der Waals surface area contributed by atoms with Gasteiger partial charge in [0, 0.05) is 24.0 Å². The molecule has 0 aromatic heterocycles. The molecule has 1 N–H and O–H groups in total. The van der Waals surface area contributed by atoms with E-state index in [0.717, 1.165) is 9.87 Å². The van der Waals surface area contributed by atoms with Crippen LogP contribution >= 0.6 is 11.6 Å². The van der Waals surface area contributed by atoms with Gasteiger partial charge in [-0.05, 0) is 73.9 Å². The van der Waals surface area contributed by atoms with E-state index in [-0.39, 0.29) is 29.6 Å². The highest BCUT2D eigenvalue weighted by molar-refractivity contribution is 7.92. The third-order valence-electron chi connectivity index (χ3n) is 7.09. The summed E-state index contributed by atoms with van der Waals surface area (Å²) < 4.78 is 43.0. The normalized spacial score (nSPS) is 12.0. The summed E-state index contributed by atoms with van der Waals surface area (Å²) >= 11 is 6.40. The monoisotopic (exact) mass is 635 g/mol. The van der Waals surface area contributed by atoms with E-state index in [1.807, 2.05) is 44.2 Å². The second-order valence-corrected chi connectivity index (χ2v) is 13.0. The van der Waals surface area contributed by atoms with Crippen molar-refractivity contribution in [3.05, 3.63) is 131 Å². The first-order valence-electron chi connectivity index (χ1n) is 14.2. The van der Waals surface area contributed by atoms with Gasteiger partial charge in [0.05, 0.1) is 10.6 Å². The van der Waals surface area contributed by atoms with E-state index >= 15 is 0 Å². The minimum Gasteiger partial charge on any atom is -0.352 e. The van der Waals surface area contributed by atoms with Crippen LogP contribution in [-0.4, -0.2) is 43.8 Å². The minimum atomic E-state index is -4.25. The lowest BCUT2D eigenvalue weighted by molar-refractivity contribution is -0.140. The largest absolute Gasteiger partial charge is 0.352 e. The zero-order valence-corrected chi connectivity index (χ0v) is 26.4. The van der Waals surface area contributed by atoms with Crippen LogP contribution in [0, 0.1) is 12.7 Å². The molecule has 44 heavy (non-hydrogen) atoms. The Morgan fingerprint density at radius 2 is 1.45 bits per heavy atom. The second kappa shape index (κ2) is 14.5. The molecule has 0 aliphatic rings. The van der Waals surface area contributed by atoms with Crippen molar-refractivity contribution in [3.8, 4) is 0 Å². The average molecular weight is 636 g/mol. The fourth-order valence-electron chi connectivity index (χ4n) is 4.82. The van der Waals surface area contributed by atoms with Crippen LogP contribution in [-0.2, 0) is 32.6 Å². The van der Waals surface area contributed by atoms with Crippen molar-refractivity contribution in [1.29, 1.82) is 0 Å². The third-order valence-corrected chi connectivity index (χ3v) is 9.27. The number of benzene rings is 4. The van der Waals surface area contributed by atoms with Gasteiger partial charge in [-0.15, -0.1) is 0 Å². The maximum Gasteiger partial charge on any atom is 0.264 e. The molecule has 230 valence electrons. The van der Waals surface area contributed by atoms with E-state index < -0.39 is 40.2 Å². The molecule has 0 radical (unpaired) electrons. The van der Waals surface area contributed by atoms with E-state index in [9.17, 15) is 22.4 Å². The molecular weight excluding hydrogens is 601 g/mol. The molecule has 0 aliphatic carbocycles. The van der Waals surface area contributed by atoms with Crippen molar-refractivity contribution < 1.29 is 22.4 Å². The van der Waals surface area contributed by atoms with Gasteiger partial charge < -0.3 is 10.2 Å². The van der Waals surface area contributed by atoms with E-state index in [4.69, 9.17) is 11.6 Å². The van der Waals surface area contributed by atoms with E-state index in [0.29, 0.717) is 16.1 Å². The fourth-order valence-corrected chi connectivity index (χ4v) is 6.48. The molecule has 4 rings (SSSR count). The summed E-state index contributed by atoms with van der Waals surface area (Å²) in [7, 11) is -4.25. The van der Waals surface area contributed by atoms with Gasteiger partial charge in [0.1, 0.15) is 18.4 Å². The first-order valence-corrected chi connectivity index (χ1v) is 16.0. The Labute approximate surface area is 263 Å². The molecule has 2 amide bonds. The molecule has 0 saturated heterocycles. The highest BCUT2D eigenvalue weighted by atomic mass is 35.5. The molecular formula is C34H35ClFN3O4S. The summed E-state index contributed by atoms with van der Waals surface area (Å²) in [6, 6.07) is 26.3. The van der Waals surface area contributed by atoms with Crippen molar-refractivity contribution in [1.82, 2.24) is 10.2 Å². The van der Waals surface area contributed by atoms with Gasteiger partial charge in [0.15, 0.2) is 0 Å². The van der Waals surface area contributed by atoms with Gasteiger partial charge >= 0.3 is 0 Å². The number of amides is 2. The van der Waals surface area contributed by atoms with Crippen molar-refractivity contribution in [2.45, 2.75) is 50.7 Å². The first kappa shape index (κ1) is 32.7. The molecule has 10 heteroatoms. The second-order valence-electron chi connectivity index (χ2n) is 10.7. The summed E-state index contributed by atoms with van der Waals surface area (Å²) in [6.45, 7) is 4.65. The Kier molecular flexibility index (Phi) is 10.8. The molecule has 0 aliphatic heterocycles. The number of hydrogen-bond donors (Lipinski definition) is 1. The number of rotatable bonds is 12. The summed E-state index contributed by atoms with van der Waals surface area (Å²) in [5.74, 6) is -1.45. The molecule has 0 spiro atoms. The van der Waals surface area contributed by atoms with Gasteiger partial charge in [0.25, 0.3) is 10.0 Å². The van der Waals surface area contributed by atoms with Crippen molar-refractivity contribution in [2.75, 3.05) is 10.8 Å². The molecule has 1 atom stereocenters. The van der Waals surface area contributed by atoms with Crippen molar-refractivity contribution in [2.24, 2.45) is 0 Å². The lowest BCUT2D eigenvalue weighted by atomic mass is 10.0. The summed E-state index contributed by atoms with van der Waals surface area (Å²) in [6.07, 6.45) is 0.175. The number of nitrogens with one attached hydrogen (secondary N) is 1. The first-order chi connectivity index (χ1) is 21.0.